The number of carboxylic acids is 1. The van der Waals surface area contributed by atoms with Gasteiger partial charge in [-0.15, -0.1) is 5.10 Å². The topological polar surface area (TPSA) is 112 Å². The lowest BCUT2D eigenvalue weighted by Crippen LogP contribution is -2.28. The van der Waals surface area contributed by atoms with Crippen molar-refractivity contribution in [3.8, 4) is 0 Å². The smallest absolute Gasteiger partial charge is 0.250 e. The van der Waals surface area contributed by atoms with Crippen molar-refractivity contribution in [3.05, 3.63) is 69.7 Å². The maximum atomic E-state index is 12.2. The van der Waals surface area contributed by atoms with Gasteiger partial charge in [0.25, 0.3) is 5.95 Å². The molecule has 8 nitrogen and oxygen atoms in total. The number of aromatic nitrogens is 3. The SMILES string of the molecule is O=C([O-])CCCC(=O)Nc1nc2n(n1)[C@H](c1ccccc1Cl)C[C@H](c1ccc(Cl)cc1)N2. The minimum absolute atomic E-state index is 0.0343. The number of amides is 1. The average Bonchev–Trinajstić information content (AvgIpc) is 3.16. The van der Waals surface area contributed by atoms with Crippen LogP contribution >= 0.6 is 23.2 Å². The molecule has 0 saturated heterocycles. The van der Waals surface area contributed by atoms with E-state index in [1.54, 1.807) is 4.68 Å². The summed E-state index contributed by atoms with van der Waals surface area (Å²) in [5.74, 6) is -0.919. The summed E-state index contributed by atoms with van der Waals surface area (Å²) in [5, 5.41) is 22.3. The van der Waals surface area contributed by atoms with Gasteiger partial charge in [0.05, 0.1) is 12.1 Å². The van der Waals surface area contributed by atoms with Crippen LogP contribution in [-0.2, 0) is 9.59 Å². The van der Waals surface area contributed by atoms with Gasteiger partial charge in [0.15, 0.2) is 0 Å². The van der Waals surface area contributed by atoms with E-state index in [0.29, 0.717) is 22.4 Å². The molecule has 0 radical (unpaired) electrons. The average molecular weight is 473 g/mol. The largest absolute Gasteiger partial charge is 0.550 e. The fraction of sp³-hybridized carbons (Fsp3) is 0.273. The van der Waals surface area contributed by atoms with Crippen molar-refractivity contribution in [2.45, 2.75) is 37.8 Å². The molecule has 2 atom stereocenters. The molecule has 2 heterocycles. The van der Waals surface area contributed by atoms with Gasteiger partial charge in [-0.3, -0.25) is 10.1 Å². The number of rotatable bonds is 7. The second-order valence-electron chi connectivity index (χ2n) is 7.50. The number of nitrogens with zero attached hydrogens (tertiary/aromatic N) is 3. The molecule has 1 aliphatic heterocycles. The Morgan fingerprint density at radius 2 is 1.88 bits per heavy atom. The first kappa shape index (κ1) is 22.1. The summed E-state index contributed by atoms with van der Waals surface area (Å²) in [7, 11) is 0. The molecule has 166 valence electrons. The Hall–Kier alpha value is -3.10. The summed E-state index contributed by atoms with van der Waals surface area (Å²) in [6.07, 6.45) is 0.688. The molecule has 0 fully saturated rings. The van der Waals surface area contributed by atoms with Crippen LogP contribution < -0.4 is 15.7 Å². The van der Waals surface area contributed by atoms with E-state index in [4.69, 9.17) is 23.2 Å². The number of carbonyl (C=O) groups excluding carboxylic acids is 2. The van der Waals surface area contributed by atoms with Crippen LogP contribution in [0.3, 0.4) is 0 Å². The summed E-state index contributed by atoms with van der Waals surface area (Å²) >= 11 is 12.5. The molecule has 32 heavy (non-hydrogen) atoms. The highest BCUT2D eigenvalue weighted by atomic mass is 35.5. The normalized spacial score (nSPS) is 17.3. The van der Waals surface area contributed by atoms with E-state index < -0.39 is 5.97 Å². The molecule has 1 aliphatic rings. The van der Waals surface area contributed by atoms with E-state index >= 15 is 0 Å². The predicted octanol–water partition coefficient (Wildman–Crippen LogP) is 3.59. The second-order valence-corrected chi connectivity index (χ2v) is 8.34. The molecular weight excluding hydrogens is 453 g/mol. The number of hydrogen-bond acceptors (Lipinski definition) is 6. The third-order valence-corrected chi connectivity index (χ3v) is 5.86. The van der Waals surface area contributed by atoms with Crippen molar-refractivity contribution in [1.29, 1.82) is 0 Å². The molecule has 0 aliphatic carbocycles. The van der Waals surface area contributed by atoms with E-state index in [2.05, 4.69) is 20.7 Å². The van der Waals surface area contributed by atoms with Crippen LogP contribution in [0.25, 0.3) is 0 Å². The van der Waals surface area contributed by atoms with Gasteiger partial charge in [0.2, 0.25) is 11.9 Å². The van der Waals surface area contributed by atoms with Crippen LogP contribution in [0.5, 0.6) is 0 Å². The highest BCUT2D eigenvalue weighted by Gasteiger charge is 2.32. The van der Waals surface area contributed by atoms with Gasteiger partial charge >= 0.3 is 0 Å². The molecule has 0 saturated carbocycles. The number of aliphatic carboxylic acids is 1. The molecule has 0 bridgehead atoms. The van der Waals surface area contributed by atoms with Gasteiger partial charge in [-0.25, -0.2) is 4.68 Å². The zero-order valence-electron chi connectivity index (χ0n) is 16.9. The molecule has 10 heteroatoms. The number of nitrogens with one attached hydrogen (secondary N) is 2. The zero-order chi connectivity index (χ0) is 22.7. The highest BCUT2D eigenvalue weighted by molar-refractivity contribution is 6.31. The van der Waals surface area contributed by atoms with Gasteiger partial charge in [0, 0.05) is 22.4 Å². The quantitative estimate of drug-likeness (QED) is 0.543. The lowest BCUT2D eigenvalue weighted by molar-refractivity contribution is -0.305. The van der Waals surface area contributed by atoms with E-state index in [-0.39, 0.29) is 43.2 Å². The molecule has 1 amide bonds. The lowest BCUT2D eigenvalue weighted by Gasteiger charge is -2.32. The summed E-state index contributed by atoms with van der Waals surface area (Å²) < 4.78 is 1.71. The van der Waals surface area contributed by atoms with Gasteiger partial charge < -0.3 is 15.2 Å². The Bertz CT molecular complexity index is 1130. The first-order valence-electron chi connectivity index (χ1n) is 10.1. The molecule has 2 aromatic carbocycles. The van der Waals surface area contributed by atoms with Crippen LogP contribution in [0.15, 0.2) is 48.5 Å². The van der Waals surface area contributed by atoms with Crippen LogP contribution in [0, 0.1) is 0 Å². The lowest BCUT2D eigenvalue weighted by atomic mass is 9.93. The van der Waals surface area contributed by atoms with Crippen molar-refractivity contribution in [1.82, 2.24) is 14.8 Å². The van der Waals surface area contributed by atoms with Crippen LogP contribution in [0.2, 0.25) is 10.0 Å². The third-order valence-electron chi connectivity index (χ3n) is 5.26. The Morgan fingerprint density at radius 3 is 2.59 bits per heavy atom. The summed E-state index contributed by atoms with van der Waals surface area (Å²) in [6.45, 7) is 0. The number of anilines is 2. The number of hydrogen-bond donors (Lipinski definition) is 2. The Labute approximate surface area is 194 Å². The first-order valence-corrected chi connectivity index (χ1v) is 10.9. The molecule has 3 aromatic rings. The van der Waals surface area contributed by atoms with Gasteiger partial charge in [-0.1, -0.05) is 53.5 Å². The second kappa shape index (κ2) is 9.58. The first-order chi connectivity index (χ1) is 15.4. The predicted molar refractivity (Wildman–Crippen MR) is 120 cm³/mol. The molecular formula is C22H20Cl2N5O3-. The van der Waals surface area contributed by atoms with Crippen LogP contribution in [0.1, 0.15) is 48.9 Å². The van der Waals surface area contributed by atoms with E-state index in [0.717, 1.165) is 11.1 Å². The fourth-order valence-corrected chi connectivity index (χ4v) is 4.12. The highest BCUT2D eigenvalue weighted by Crippen LogP contribution is 2.40. The standard InChI is InChI=1S/C22H21Cl2N5O3/c23-14-10-8-13(9-11-14)17-12-18(15-4-1-2-5-16(15)24)29-22(25-17)27-21(28-29)26-19(30)6-3-7-20(31)32/h1-2,4-5,8-11,17-18H,3,6-7,12H2,(H,31,32)(H2,25,26,27,28,30)/p-1/t17-,18+/m1/s1. The number of carbonyl (C=O) groups is 2. The van der Waals surface area contributed by atoms with Crippen LogP contribution in [-0.4, -0.2) is 26.6 Å². The zero-order valence-corrected chi connectivity index (χ0v) is 18.4. The van der Waals surface area contributed by atoms with Crippen LogP contribution in [0.4, 0.5) is 11.9 Å². The van der Waals surface area contributed by atoms with Crippen molar-refractivity contribution >= 4 is 47.0 Å². The molecule has 1 aromatic heterocycles. The summed E-state index contributed by atoms with van der Waals surface area (Å²) in [5.41, 5.74) is 1.93. The summed E-state index contributed by atoms with van der Waals surface area (Å²) in [6, 6.07) is 14.8. The minimum Gasteiger partial charge on any atom is -0.550 e. The third kappa shape index (κ3) is 5.03. The minimum atomic E-state index is -1.19. The van der Waals surface area contributed by atoms with E-state index in [1.807, 2.05) is 48.5 Å². The van der Waals surface area contributed by atoms with Gasteiger partial charge in [-0.2, -0.15) is 4.98 Å². The monoisotopic (exact) mass is 472 g/mol. The fourth-order valence-electron chi connectivity index (χ4n) is 3.73. The van der Waals surface area contributed by atoms with Gasteiger partial charge in [-0.05, 0) is 48.6 Å². The molecule has 0 unspecified atom stereocenters. The Morgan fingerprint density at radius 1 is 1.12 bits per heavy atom. The van der Waals surface area contributed by atoms with E-state index in [1.165, 1.54) is 0 Å². The van der Waals surface area contributed by atoms with Gasteiger partial charge in [0.1, 0.15) is 0 Å². The number of carboxylic acid groups (broad SMARTS) is 1. The van der Waals surface area contributed by atoms with Crippen molar-refractivity contribution in [2.24, 2.45) is 0 Å². The Kier molecular flexibility index (Phi) is 6.62. The number of fused-ring (bicyclic) bond motifs is 1. The maximum Gasteiger partial charge on any atom is 0.250 e. The summed E-state index contributed by atoms with van der Waals surface area (Å²) in [4.78, 5) is 27.1. The molecule has 2 N–H and O–H groups in total. The van der Waals surface area contributed by atoms with Crippen molar-refractivity contribution in [2.75, 3.05) is 10.6 Å². The molecule has 0 spiro atoms. The Balaban J connectivity index is 1.61. The maximum absolute atomic E-state index is 12.2. The number of halogens is 2. The number of benzene rings is 2. The van der Waals surface area contributed by atoms with E-state index in [9.17, 15) is 14.7 Å². The molecule has 4 rings (SSSR count). The van der Waals surface area contributed by atoms with Crippen molar-refractivity contribution < 1.29 is 14.7 Å². The van der Waals surface area contributed by atoms with Crippen molar-refractivity contribution in [3.63, 3.8) is 0 Å².